The van der Waals surface area contributed by atoms with Gasteiger partial charge < -0.3 is 14.4 Å². The Morgan fingerprint density at radius 3 is 2.65 bits per heavy atom. The zero-order chi connectivity index (χ0) is 26.0. The number of carbonyl (C=O) groups is 1. The second kappa shape index (κ2) is 10.3. The van der Waals surface area contributed by atoms with Crippen molar-refractivity contribution in [2.75, 3.05) is 40.9 Å². The zero-order valence-corrected chi connectivity index (χ0v) is 22.3. The third kappa shape index (κ3) is 4.45. The molecule has 0 radical (unpaired) electrons. The monoisotopic (exact) mass is 498 g/mol. The predicted octanol–water partition coefficient (Wildman–Crippen LogP) is 5.69. The smallest absolute Gasteiger partial charge is 0.253 e. The maximum atomic E-state index is 13.7. The molecule has 1 saturated carbocycles. The molecular weight excluding hydrogens is 460 g/mol. The van der Waals surface area contributed by atoms with E-state index in [1.54, 1.807) is 7.11 Å². The molecular formula is C32H38N2O3. The quantitative estimate of drug-likeness (QED) is 0.393. The summed E-state index contributed by atoms with van der Waals surface area (Å²) >= 11 is 0. The van der Waals surface area contributed by atoms with Crippen LogP contribution in [0.4, 0.5) is 0 Å². The molecule has 2 aliphatic rings. The van der Waals surface area contributed by atoms with Crippen molar-refractivity contribution in [1.29, 1.82) is 0 Å². The van der Waals surface area contributed by atoms with Crippen molar-refractivity contribution in [1.82, 2.24) is 9.80 Å². The van der Waals surface area contributed by atoms with E-state index in [4.69, 9.17) is 9.47 Å². The summed E-state index contributed by atoms with van der Waals surface area (Å²) in [4.78, 5) is 18.1. The van der Waals surface area contributed by atoms with E-state index in [9.17, 15) is 4.79 Å². The number of ether oxygens (including phenoxy) is 2. The molecule has 1 heterocycles. The maximum absolute atomic E-state index is 13.7. The van der Waals surface area contributed by atoms with Gasteiger partial charge >= 0.3 is 0 Å². The second-order valence-corrected chi connectivity index (χ2v) is 10.7. The molecule has 0 N–H and O–H groups in total. The molecule has 1 aliphatic heterocycles. The summed E-state index contributed by atoms with van der Waals surface area (Å²) in [5.41, 5.74) is 1.41. The molecule has 5 rings (SSSR count). The number of hydrogen-bond donors (Lipinski definition) is 0. The summed E-state index contributed by atoms with van der Waals surface area (Å²) in [5.74, 6) is 0.929. The third-order valence-corrected chi connectivity index (χ3v) is 8.94. The fourth-order valence-corrected chi connectivity index (χ4v) is 6.85. The van der Waals surface area contributed by atoms with E-state index in [1.165, 1.54) is 5.56 Å². The van der Waals surface area contributed by atoms with Gasteiger partial charge in [-0.1, -0.05) is 48.5 Å². The lowest BCUT2D eigenvalue weighted by molar-refractivity contribution is -0.151. The fourth-order valence-electron chi connectivity index (χ4n) is 6.85. The van der Waals surface area contributed by atoms with Crippen LogP contribution >= 0.6 is 0 Å². The van der Waals surface area contributed by atoms with Crippen molar-refractivity contribution in [2.45, 2.75) is 42.7 Å². The predicted molar refractivity (Wildman–Crippen MR) is 149 cm³/mol. The van der Waals surface area contributed by atoms with Crippen LogP contribution in [0.3, 0.4) is 0 Å². The minimum atomic E-state index is -0.343. The first-order valence-electron chi connectivity index (χ1n) is 13.2. The van der Waals surface area contributed by atoms with Gasteiger partial charge in [-0.25, -0.2) is 0 Å². The summed E-state index contributed by atoms with van der Waals surface area (Å²) in [5, 5.41) is 2.23. The highest BCUT2D eigenvalue weighted by Gasteiger charge is 2.59. The Morgan fingerprint density at radius 2 is 1.89 bits per heavy atom. The van der Waals surface area contributed by atoms with Gasteiger partial charge in [0.15, 0.2) is 0 Å². The Kier molecular flexibility index (Phi) is 7.11. The molecule has 0 aromatic heterocycles. The van der Waals surface area contributed by atoms with Gasteiger partial charge in [-0.05, 0) is 72.8 Å². The Bertz CT molecular complexity index is 1290. The van der Waals surface area contributed by atoms with Crippen LogP contribution in [0, 0.1) is 0 Å². The SMILES string of the molecule is C=CCN1CC[C@@]2(c3cccc(OC)c3)C[C@@H](N(C)C(=O)c3ccc4ccccc4c3)CC[C@]2(OC)C1. The lowest BCUT2D eigenvalue weighted by Gasteiger charge is -2.60. The molecule has 3 aromatic carbocycles. The van der Waals surface area contributed by atoms with E-state index < -0.39 is 0 Å². The Labute approximate surface area is 220 Å². The number of benzene rings is 3. The standard InChI is InChI=1S/C32H38N2O3/c1-5-18-34-19-17-31(27-11-8-12-29(21-27)36-3)22-28(15-16-32(31,23-34)37-4)33(2)30(35)26-14-13-24-9-6-7-10-25(24)20-26/h5-14,20-21,28H,1,15-19,22-23H2,2-4H3/t28-,31-,32-/m0/s1. The average Bonchev–Trinajstić information content (AvgIpc) is 2.95. The van der Waals surface area contributed by atoms with Crippen molar-refractivity contribution in [3.63, 3.8) is 0 Å². The van der Waals surface area contributed by atoms with Crippen molar-refractivity contribution in [3.8, 4) is 5.75 Å². The van der Waals surface area contributed by atoms with Crippen LogP contribution in [0.15, 0.2) is 79.4 Å². The molecule has 1 saturated heterocycles. The lowest BCUT2D eigenvalue weighted by Crippen LogP contribution is -2.68. The van der Waals surface area contributed by atoms with E-state index in [1.807, 2.05) is 61.5 Å². The molecule has 0 bridgehead atoms. The van der Waals surface area contributed by atoms with Crippen LogP contribution in [0.5, 0.6) is 5.75 Å². The van der Waals surface area contributed by atoms with Crippen LogP contribution in [0.25, 0.3) is 10.8 Å². The van der Waals surface area contributed by atoms with Crippen molar-refractivity contribution in [2.24, 2.45) is 0 Å². The largest absolute Gasteiger partial charge is 0.497 e. The number of nitrogens with zero attached hydrogens (tertiary/aromatic N) is 2. The first-order chi connectivity index (χ1) is 17.9. The molecule has 0 unspecified atom stereocenters. The summed E-state index contributed by atoms with van der Waals surface area (Å²) in [6.45, 7) is 6.63. The number of rotatable bonds is 7. The number of amides is 1. The highest BCUT2D eigenvalue weighted by atomic mass is 16.5. The van der Waals surface area contributed by atoms with E-state index in [2.05, 4.69) is 41.8 Å². The second-order valence-electron chi connectivity index (χ2n) is 10.7. The molecule has 3 aromatic rings. The van der Waals surface area contributed by atoms with E-state index in [0.717, 1.165) is 67.4 Å². The zero-order valence-electron chi connectivity index (χ0n) is 22.3. The van der Waals surface area contributed by atoms with Gasteiger partial charge in [0.25, 0.3) is 5.91 Å². The summed E-state index contributed by atoms with van der Waals surface area (Å²) in [6, 6.07) is 22.8. The van der Waals surface area contributed by atoms with Crippen LogP contribution < -0.4 is 4.74 Å². The first kappa shape index (κ1) is 25.5. The Hall–Kier alpha value is -3.15. The number of hydrogen-bond acceptors (Lipinski definition) is 4. The minimum absolute atomic E-state index is 0.0746. The van der Waals surface area contributed by atoms with Gasteiger partial charge in [-0.2, -0.15) is 0 Å². The molecule has 1 amide bonds. The van der Waals surface area contributed by atoms with Gasteiger partial charge in [-0.3, -0.25) is 9.69 Å². The maximum Gasteiger partial charge on any atom is 0.253 e. The average molecular weight is 499 g/mol. The molecule has 5 heteroatoms. The van der Waals surface area contributed by atoms with Crippen molar-refractivity contribution in [3.05, 3.63) is 90.5 Å². The lowest BCUT2D eigenvalue weighted by atomic mass is 9.55. The van der Waals surface area contributed by atoms with Crippen LogP contribution in [-0.4, -0.2) is 68.3 Å². The van der Waals surface area contributed by atoms with Gasteiger partial charge in [-0.15, -0.1) is 6.58 Å². The molecule has 5 nitrogen and oxygen atoms in total. The topological polar surface area (TPSA) is 42.0 Å². The van der Waals surface area contributed by atoms with Gasteiger partial charge in [0, 0.05) is 44.3 Å². The number of carbonyl (C=O) groups excluding carboxylic acids is 1. The van der Waals surface area contributed by atoms with E-state index in [-0.39, 0.29) is 23.0 Å². The molecule has 2 fully saturated rings. The fraction of sp³-hybridized carbons (Fsp3) is 0.406. The molecule has 37 heavy (non-hydrogen) atoms. The number of fused-ring (bicyclic) bond motifs is 2. The minimum Gasteiger partial charge on any atom is -0.497 e. The first-order valence-corrected chi connectivity index (χ1v) is 13.2. The third-order valence-electron chi connectivity index (χ3n) is 8.94. The normalized spacial score (nSPS) is 25.9. The summed E-state index contributed by atoms with van der Waals surface area (Å²) in [6.07, 6.45) is 5.57. The van der Waals surface area contributed by atoms with E-state index in [0.29, 0.717) is 0 Å². The number of methoxy groups -OCH3 is 2. The van der Waals surface area contributed by atoms with Crippen molar-refractivity contribution >= 4 is 16.7 Å². The van der Waals surface area contributed by atoms with Crippen LogP contribution in [0.2, 0.25) is 0 Å². The molecule has 1 aliphatic carbocycles. The Morgan fingerprint density at radius 1 is 1.08 bits per heavy atom. The summed E-state index contributed by atoms with van der Waals surface area (Å²) < 4.78 is 12.1. The molecule has 194 valence electrons. The van der Waals surface area contributed by atoms with Crippen LogP contribution in [-0.2, 0) is 10.2 Å². The van der Waals surface area contributed by atoms with Gasteiger partial charge in [0.2, 0.25) is 0 Å². The highest BCUT2D eigenvalue weighted by molar-refractivity contribution is 5.98. The summed E-state index contributed by atoms with van der Waals surface area (Å²) in [7, 11) is 5.54. The van der Waals surface area contributed by atoms with Crippen molar-refractivity contribution < 1.29 is 14.3 Å². The van der Waals surface area contributed by atoms with Gasteiger partial charge in [0.05, 0.1) is 12.7 Å². The molecule has 3 atom stereocenters. The molecule has 0 spiro atoms. The van der Waals surface area contributed by atoms with E-state index >= 15 is 0 Å². The van der Waals surface area contributed by atoms with Gasteiger partial charge in [0.1, 0.15) is 5.75 Å². The van der Waals surface area contributed by atoms with Crippen LogP contribution in [0.1, 0.15) is 41.6 Å². The number of piperidine rings is 1. The highest BCUT2D eigenvalue weighted by Crippen LogP contribution is 2.54. The Balaban J connectivity index is 1.50. The number of likely N-dealkylation sites (tertiary alicyclic amines) is 1.